The molecule has 0 saturated carbocycles. The quantitative estimate of drug-likeness (QED) is 0.625. The van der Waals surface area contributed by atoms with Crippen LogP contribution in [-0.4, -0.2) is 39.8 Å². The molecule has 0 unspecified atom stereocenters. The Morgan fingerprint density at radius 3 is 2.79 bits per heavy atom. The van der Waals surface area contributed by atoms with Gasteiger partial charge in [-0.15, -0.1) is 0 Å². The molecule has 0 aliphatic carbocycles. The van der Waals surface area contributed by atoms with E-state index in [1.165, 1.54) is 0 Å². The molecule has 130 valence electrons. The topological polar surface area (TPSA) is 67.1 Å². The summed E-state index contributed by atoms with van der Waals surface area (Å²) in [5.74, 6) is 1.05. The van der Waals surface area contributed by atoms with Gasteiger partial charge in [-0.05, 0) is 24.6 Å². The Morgan fingerprint density at radius 2 is 2.12 bits per heavy atom. The molecule has 0 aliphatic rings. The summed E-state index contributed by atoms with van der Waals surface area (Å²) < 4.78 is 38.4. The Hall–Kier alpha value is -2.58. The fourth-order valence-corrected chi connectivity index (χ4v) is 1.93. The molecule has 0 spiro atoms. The third-order valence-electron chi connectivity index (χ3n) is 3.04. The maximum absolute atomic E-state index is 12.2. The van der Waals surface area contributed by atoms with E-state index in [1.807, 2.05) is 19.1 Å². The lowest BCUT2D eigenvalue weighted by Gasteiger charge is -2.12. The molecule has 2 aromatic rings. The second-order valence-corrected chi connectivity index (χ2v) is 4.98. The van der Waals surface area contributed by atoms with Crippen LogP contribution < -0.4 is 10.6 Å². The molecule has 0 amide bonds. The van der Waals surface area contributed by atoms with Crippen LogP contribution in [0.2, 0.25) is 0 Å². The molecule has 9 heteroatoms. The van der Waals surface area contributed by atoms with Crippen LogP contribution in [0.15, 0.2) is 42.0 Å². The predicted octanol–water partition coefficient (Wildman–Crippen LogP) is 2.27. The van der Waals surface area contributed by atoms with Crippen LogP contribution >= 0.6 is 0 Å². The molecule has 0 radical (unpaired) electrons. The van der Waals surface area contributed by atoms with Crippen molar-refractivity contribution in [3.8, 4) is 5.82 Å². The molecule has 2 heterocycles. The highest BCUT2D eigenvalue weighted by Gasteiger charge is 2.26. The lowest BCUT2D eigenvalue weighted by molar-refractivity contribution is -0.132. The van der Waals surface area contributed by atoms with Crippen molar-refractivity contribution in [1.82, 2.24) is 25.2 Å². The van der Waals surface area contributed by atoms with Gasteiger partial charge in [-0.1, -0.05) is 0 Å². The molecule has 2 aromatic heterocycles. The standard InChI is InChI=1S/C15H19F3N6/c1-2-20-14(22-6-4-15(16,17)18)23-10-12-3-5-21-13(9-12)24-8-7-19-11-24/h3,5,7-9,11H,2,4,6,10H2,1H3,(H2,20,22,23). The van der Waals surface area contributed by atoms with Gasteiger partial charge in [0.25, 0.3) is 0 Å². The predicted molar refractivity (Wildman–Crippen MR) is 84.8 cm³/mol. The van der Waals surface area contributed by atoms with Gasteiger partial charge in [-0.3, -0.25) is 4.57 Å². The van der Waals surface area contributed by atoms with Crippen LogP contribution in [0.1, 0.15) is 18.9 Å². The van der Waals surface area contributed by atoms with Gasteiger partial charge in [0.05, 0.1) is 13.0 Å². The minimum atomic E-state index is -4.19. The van der Waals surface area contributed by atoms with Crippen LogP contribution in [0.4, 0.5) is 13.2 Å². The van der Waals surface area contributed by atoms with Gasteiger partial charge < -0.3 is 10.6 Å². The van der Waals surface area contributed by atoms with Crippen molar-refractivity contribution in [2.24, 2.45) is 4.99 Å². The minimum Gasteiger partial charge on any atom is -0.357 e. The number of guanidine groups is 1. The van der Waals surface area contributed by atoms with Crippen molar-refractivity contribution in [1.29, 1.82) is 0 Å². The third kappa shape index (κ3) is 5.90. The zero-order valence-corrected chi connectivity index (χ0v) is 13.2. The Labute approximate surface area is 137 Å². The van der Waals surface area contributed by atoms with Crippen LogP contribution in [0.5, 0.6) is 0 Å². The summed E-state index contributed by atoms with van der Waals surface area (Å²) >= 11 is 0. The fraction of sp³-hybridized carbons (Fsp3) is 0.400. The van der Waals surface area contributed by atoms with E-state index in [9.17, 15) is 13.2 Å². The molecule has 0 fully saturated rings. The summed E-state index contributed by atoms with van der Waals surface area (Å²) in [6, 6.07) is 3.66. The monoisotopic (exact) mass is 340 g/mol. The van der Waals surface area contributed by atoms with Gasteiger partial charge in [0.2, 0.25) is 0 Å². The van der Waals surface area contributed by atoms with E-state index in [1.54, 1.807) is 29.5 Å². The number of hydrogen-bond acceptors (Lipinski definition) is 3. The molecule has 6 nitrogen and oxygen atoms in total. The first-order valence-corrected chi connectivity index (χ1v) is 7.50. The largest absolute Gasteiger partial charge is 0.390 e. The summed E-state index contributed by atoms with van der Waals surface area (Å²) in [7, 11) is 0. The number of hydrogen-bond donors (Lipinski definition) is 2. The molecule has 24 heavy (non-hydrogen) atoms. The normalized spacial score (nSPS) is 12.2. The van der Waals surface area contributed by atoms with Gasteiger partial charge in [-0.25, -0.2) is 15.0 Å². The first-order valence-electron chi connectivity index (χ1n) is 7.50. The molecule has 0 saturated heterocycles. The first kappa shape index (κ1) is 17.8. The Bertz CT molecular complexity index is 651. The van der Waals surface area contributed by atoms with Crippen LogP contribution in [-0.2, 0) is 6.54 Å². The first-order chi connectivity index (χ1) is 11.5. The number of nitrogens with zero attached hydrogens (tertiary/aromatic N) is 4. The number of halogens is 3. The van der Waals surface area contributed by atoms with E-state index in [2.05, 4.69) is 25.6 Å². The average Bonchev–Trinajstić information content (AvgIpc) is 3.06. The van der Waals surface area contributed by atoms with E-state index >= 15 is 0 Å². The summed E-state index contributed by atoms with van der Waals surface area (Å²) in [6.07, 6.45) is 1.63. The van der Waals surface area contributed by atoms with Crippen molar-refractivity contribution in [3.05, 3.63) is 42.6 Å². The highest BCUT2D eigenvalue weighted by atomic mass is 19.4. The summed E-state index contributed by atoms with van der Waals surface area (Å²) in [5.41, 5.74) is 0.890. The van der Waals surface area contributed by atoms with Crippen LogP contribution in [0, 0.1) is 0 Å². The smallest absolute Gasteiger partial charge is 0.357 e. The molecule has 0 aliphatic heterocycles. The summed E-state index contributed by atoms with van der Waals surface area (Å²) in [6.45, 7) is 2.52. The van der Waals surface area contributed by atoms with Gasteiger partial charge in [-0.2, -0.15) is 13.2 Å². The average molecular weight is 340 g/mol. The van der Waals surface area contributed by atoms with Crippen molar-refractivity contribution in [2.75, 3.05) is 13.1 Å². The van der Waals surface area contributed by atoms with Gasteiger partial charge >= 0.3 is 6.18 Å². The highest BCUT2D eigenvalue weighted by Crippen LogP contribution is 2.18. The van der Waals surface area contributed by atoms with Crippen molar-refractivity contribution in [2.45, 2.75) is 26.1 Å². The van der Waals surface area contributed by atoms with E-state index < -0.39 is 12.6 Å². The Morgan fingerprint density at radius 1 is 1.29 bits per heavy atom. The fourth-order valence-electron chi connectivity index (χ4n) is 1.93. The molecular weight excluding hydrogens is 321 g/mol. The number of nitrogens with one attached hydrogen (secondary N) is 2. The van der Waals surface area contributed by atoms with E-state index in [-0.39, 0.29) is 6.54 Å². The number of alkyl halides is 3. The minimum absolute atomic E-state index is 0.216. The summed E-state index contributed by atoms with van der Waals surface area (Å²) in [4.78, 5) is 12.5. The van der Waals surface area contributed by atoms with Gasteiger partial charge in [0, 0.05) is 31.7 Å². The number of rotatable bonds is 6. The van der Waals surface area contributed by atoms with Gasteiger partial charge in [0.15, 0.2) is 5.96 Å². The van der Waals surface area contributed by atoms with E-state index in [0.717, 1.165) is 5.56 Å². The molecular formula is C15H19F3N6. The zero-order chi connectivity index (χ0) is 17.4. The van der Waals surface area contributed by atoms with E-state index in [4.69, 9.17) is 0 Å². The van der Waals surface area contributed by atoms with Crippen molar-refractivity contribution < 1.29 is 13.2 Å². The maximum atomic E-state index is 12.2. The second-order valence-electron chi connectivity index (χ2n) is 4.98. The highest BCUT2D eigenvalue weighted by molar-refractivity contribution is 5.79. The second kappa shape index (κ2) is 8.32. The number of aliphatic imine (C=N–C) groups is 1. The summed E-state index contributed by atoms with van der Waals surface area (Å²) in [5, 5.41) is 5.60. The molecule has 0 atom stereocenters. The molecule has 2 N–H and O–H groups in total. The lowest BCUT2D eigenvalue weighted by atomic mass is 10.2. The molecule has 2 rings (SSSR count). The third-order valence-corrected chi connectivity index (χ3v) is 3.04. The van der Waals surface area contributed by atoms with Crippen molar-refractivity contribution >= 4 is 5.96 Å². The number of aromatic nitrogens is 3. The van der Waals surface area contributed by atoms with Crippen molar-refractivity contribution in [3.63, 3.8) is 0 Å². The molecule has 0 aromatic carbocycles. The van der Waals surface area contributed by atoms with E-state index in [0.29, 0.717) is 24.9 Å². The van der Waals surface area contributed by atoms with Crippen LogP contribution in [0.25, 0.3) is 5.82 Å². The van der Waals surface area contributed by atoms with Crippen LogP contribution in [0.3, 0.4) is 0 Å². The Kier molecular flexibility index (Phi) is 6.16. The lowest BCUT2D eigenvalue weighted by Crippen LogP contribution is -2.38. The maximum Gasteiger partial charge on any atom is 0.390 e. The number of imidazole rings is 1. The van der Waals surface area contributed by atoms with Gasteiger partial charge in [0.1, 0.15) is 12.1 Å². The number of pyridine rings is 1. The molecule has 0 bridgehead atoms. The SMILES string of the molecule is CCNC(=NCc1ccnc(-n2ccnc2)c1)NCCC(F)(F)F. The zero-order valence-electron chi connectivity index (χ0n) is 13.2. The Balaban J connectivity index is 1.99.